The minimum atomic E-state index is -0.613. The van der Waals surface area contributed by atoms with Crippen LogP contribution in [0, 0.1) is 5.41 Å². The van der Waals surface area contributed by atoms with Gasteiger partial charge in [-0.15, -0.1) is 0 Å². The molecule has 0 aliphatic carbocycles. The third-order valence-electron chi connectivity index (χ3n) is 6.28. The van der Waals surface area contributed by atoms with Gasteiger partial charge >= 0.3 is 5.97 Å². The molecule has 2 fully saturated rings. The van der Waals surface area contributed by atoms with Crippen LogP contribution in [0.2, 0.25) is 0 Å². The molecule has 2 aliphatic rings. The Balaban J connectivity index is 1.66. The molecule has 3 atom stereocenters. The van der Waals surface area contributed by atoms with Crippen LogP contribution in [0.4, 0.5) is 0 Å². The van der Waals surface area contributed by atoms with Gasteiger partial charge in [-0.1, -0.05) is 50.1 Å². The Morgan fingerprint density at radius 2 is 2.08 bits per heavy atom. The molecule has 3 heteroatoms. The number of carboxylic acid groups (broad SMARTS) is 1. The van der Waals surface area contributed by atoms with E-state index < -0.39 is 5.97 Å². The van der Waals surface area contributed by atoms with Crippen LogP contribution in [0.3, 0.4) is 0 Å². The number of hydrogen-bond acceptors (Lipinski definition) is 2. The summed E-state index contributed by atoms with van der Waals surface area (Å²) in [7, 11) is 0. The molecule has 132 valence electrons. The molecule has 0 aromatic heterocycles. The maximum absolute atomic E-state index is 11.4. The second-order valence-electron chi connectivity index (χ2n) is 7.96. The molecule has 0 saturated carbocycles. The lowest BCUT2D eigenvalue weighted by molar-refractivity contribution is -0.141. The highest BCUT2D eigenvalue weighted by Crippen LogP contribution is 2.46. The summed E-state index contributed by atoms with van der Waals surface area (Å²) in [5, 5.41) is 9.40. The van der Waals surface area contributed by atoms with E-state index in [9.17, 15) is 9.90 Å². The maximum atomic E-state index is 11.4. The zero-order valence-corrected chi connectivity index (χ0v) is 14.9. The van der Waals surface area contributed by atoms with E-state index in [-0.39, 0.29) is 5.41 Å². The van der Waals surface area contributed by atoms with Crippen molar-refractivity contribution in [2.45, 2.75) is 70.3 Å². The van der Waals surface area contributed by atoms with Crippen LogP contribution in [0.25, 0.3) is 0 Å². The molecule has 3 rings (SSSR count). The SMILES string of the molecule is CCCCC1(CC(=O)O)CCN2CC(c3ccccc3)CCC2C1. The molecular formula is C21H31NO2. The number of rotatable bonds is 6. The molecule has 0 bridgehead atoms. The fraction of sp³-hybridized carbons (Fsp3) is 0.667. The minimum absolute atomic E-state index is 0.0442. The normalized spacial score (nSPS) is 30.7. The minimum Gasteiger partial charge on any atom is -0.481 e. The number of carboxylic acids is 1. The Hall–Kier alpha value is -1.35. The maximum Gasteiger partial charge on any atom is 0.303 e. The average molecular weight is 329 g/mol. The quantitative estimate of drug-likeness (QED) is 0.824. The lowest BCUT2D eigenvalue weighted by Gasteiger charge is -2.50. The molecule has 1 aromatic carbocycles. The lowest BCUT2D eigenvalue weighted by Crippen LogP contribution is -2.51. The zero-order valence-electron chi connectivity index (χ0n) is 14.9. The first-order chi connectivity index (χ1) is 11.6. The van der Waals surface area contributed by atoms with Crippen LogP contribution >= 0.6 is 0 Å². The van der Waals surface area contributed by atoms with E-state index in [1.165, 1.54) is 18.4 Å². The van der Waals surface area contributed by atoms with E-state index in [4.69, 9.17) is 0 Å². The summed E-state index contributed by atoms with van der Waals surface area (Å²) in [6.45, 7) is 4.42. The predicted molar refractivity (Wildman–Crippen MR) is 97.2 cm³/mol. The van der Waals surface area contributed by atoms with Crippen molar-refractivity contribution in [3.8, 4) is 0 Å². The number of unbranched alkanes of at least 4 members (excludes halogenated alkanes) is 1. The number of piperidine rings is 2. The van der Waals surface area contributed by atoms with Crippen LogP contribution < -0.4 is 0 Å². The Kier molecular flexibility index (Phi) is 5.60. The molecule has 0 radical (unpaired) electrons. The molecule has 3 unspecified atom stereocenters. The van der Waals surface area contributed by atoms with Crippen LogP contribution in [0.15, 0.2) is 30.3 Å². The first kappa shape index (κ1) is 17.5. The van der Waals surface area contributed by atoms with Gasteiger partial charge in [0.15, 0.2) is 0 Å². The predicted octanol–water partition coefficient (Wildman–Crippen LogP) is 4.68. The Morgan fingerprint density at radius 1 is 1.29 bits per heavy atom. The van der Waals surface area contributed by atoms with Gasteiger partial charge in [0, 0.05) is 12.6 Å². The number of aliphatic carboxylic acids is 1. The first-order valence-corrected chi connectivity index (χ1v) is 9.63. The summed E-state index contributed by atoms with van der Waals surface area (Å²) in [6, 6.07) is 11.5. The van der Waals surface area contributed by atoms with E-state index in [2.05, 4.69) is 42.2 Å². The van der Waals surface area contributed by atoms with E-state index in [0.29, 0.717) is 18.4 Å². The van der Waals surface area contributed by atoms with Crippen molar-refractivity contribution in [2.24, 2.45) is 5.41 Å². The van der Waals surface area contributed by atoms with Gasteiger partial charge in [-0.3, -0.25) is 9.69 Å². The fourth-order valence-electron chi connectivity index (χ4n) is 4.93. The molecule has 3 nitrogen and oxygen atoms in total. The monoisotopic (exact) mass is 329 g/mol. The molecule has 0 spiro atoms. The highest BCUT2D eigenvalue weighted by atomic mass is 16.4. The van der Waals surface area contributed by atoms with Gasteiger partial charge in [0.05, 0.1) is 6.42 Å². The van der Waals surface area contributed by atoms with Crippen LogP contribution in [-0.2, 0) is 4.79 Å². The summed E-state index contributed by atoms with van der Waals surface area (Å²) in [5.41, 5.74) is 1.51. The first-order valence-electron chi connectivity index (χ1n) is 9.63. The largest absolute Gasteiger partial charge is 0.481 e. The Morgan fingerprint density at radius 3 is 2.79 bits per heavy atom. The molecule has 24 heavy (non-hydrogen) atoms. The van der Waals surface area contributed by atoms with Crippen LogP contribution in [-0.4, -0.2) is 35.1 Å². The van der Waals surface area contributed by atoms with E-state index in [1.807, 2.05) is 0 Å². The van der Waals surface area contributed by atoms with Gasteiger partial charge in [0.25, 0.3) is 0 Å². The fourth-order valence-corrected chi connectivity index (χ4v) is 4.93. The van der Waals surface area contributed by atoms with Crippen LogP contribution in [0.1, 0.15) is 69.8 Å². The van der Waals surface area contributed by atoms with E-state index in [0.717, 1.165) is 45.2 Å². The molecule has 0 amide bonds. The number of carbonyl (C=O) groups is 1. The number of fused-ring (bicyclic) bond motifs is 1. The van der Waals surface area contributed by atoms with Gasteiger partial charge in [0.2, 0.25) is 0 Å². The molecular weight excluding hydrogens is 298 g/mol. The summed E-state index contributed by atoms with van der Waals surface area (Å²) in [6.07, 6.45) is 8.35. The van der Waals surface area contributed by atoms with E-state index in [1.54, 1.807) is 0 Å². The topological polar surface area (TPSA) is 40.5 Å². The second-order valence-corrected chi connectivity index (χ2v) is 7.96. The third-order valence-corrected chi connectivity index (χ3v) is 6.28. The number of hydrogen-bond donors (Lipinski definition) is 1. The van der Waals surface area contributed by atoms with Crippen molar-refractivity contribution < 1.29 is 9.90 Å². The van der Waals surface area contributed by atoms with Crippen molar-refractivity contribution in [3.63, 3.8) is 0 Å². The smallest absolute Gasteiger partial charge is 0.303 e. The summed E-state index contributed by atoms with van der Waals surface area (Å²) in [5.74, 6) is 0.0302. The van der Waals surface area contributed by atoms with E-state index >= 15 is 0 Å². The molecule has 1 aromatic rings. The summed E-state index contributed by atoms with van der Waals surface area (Å²) >= 11 is 0. The highest BCUT2D eigenvalue weighted by Gasteiger charge is 2.42. The average Bonchev–Trinajstić information content (AvgIpc) is 2.60. The van der Waals surface area contributed by atoms with Gasteiger partial charge in [-0.2, -0.15) is 0 Å². The van der Waals surface area contributed by atoms with Gasteiger partial charge in [-0.25, -0.2) is 0 Å². The molecule has 2 saturated heterocycles. The van der Waals surface area contributed by atoms with Gasteiger partial charge in [-0.05, 0) is 55.5 Å². The van der Waals surface area contributed by atoms with Crippen molar-refractivity contribution in [3.05, 3.63) is 35.9 Å². The van der Waals surface area contributed by atoms with Crippen molar-refractivity contribution in [1.82, 2.24) is 4.90 Å². The summed E-state index contributed by atoms with van der Waals surface area (Å²) < 4.78 is 0. The van der Waals surface area contributed by atoms with Gasteiger partial charge < -0.3 is 5.11 Å². The lowest BCUT2D eigenvalue weighted by atomic mass is 9.67. The second kappa shape index (κ2) is 7.69. The zero-order chi connectivity index (χ0) is 17.0. The van der Waals surface area contributed by atoms with Crippen molar-refractivity contribution in [2.75, 3.05) is 13.1 Å². The van der Waals surface area contributed by atoms with Gasteiger partial charge in [0.1, 0.15) is 0 Å². The third kappa shape index (κ3) is 4.00. The van der Waals surface area contributed by atoms with Crippen molar-refractivity contribution >= 4 is 5.97 Å². The number of nitrogens with zero attached hydrogens (tertiary/aromatic N) is 1. The molecule has 1 N–H and O–H groups in total. The molecule has 2 aliphatic heterocycles. The van der Waals surface area contributed by atoms with Crippen LogP contribution in [0.5, 0.6) is 0 Å². The number of benzene rings is 1. The van der Waals surface area contributed by atoms with Crippen molar-refractivity contribution in [1.29, 1.82) is 0 Å². The highest BCUT2D eigenvalue weighted by molar-refractivity contribution is 5.67. The Labute approximate surface area is 146 Å². The standard InChI is InChI=1S/C21H31NO2/c1-2-3-11-21(15-20(23)24)12-13-22-16-18(9-10-19(22)14-21)17-7-5-4-6-8-17/h4-8,18-19H,2-3,9-16H2,1H3,(H,23,24). The molecule has 2 heterocycles. The Bertz CT molecular complexity index is 544. The summed E-state index contributed by atoms with van der Waals surface area (Å²) in [4.78, 5) is 14.1.